The van der Waals surface area contributed by atoms with Crippen LogP contribution >= 0.6 is 11.6 Å². The molecule has 0 aliphatic carbocycles. The van der Waals surface area contributed by atoms with Crippen molar-refractivity contribution < 1.29 is 4.74 Å². The van der Waals surface area contributed by atoms with Gasteiger partial charge in [0, 0.05) is 29.9 Å². The topological polar surface area (TPSA) is 34.1 Å². The molecule has 0 fully saturated rings. The smallest absolute Gasteiger partial charge is 0.218 e. The molecule has 1 heterocycles. The first-order valence-electron chi connectivity index (χ1n) is 6.20. The third-order valence-corrected chi connectivity index (χ3v) is 3.05. The van der Waals surface area contributed by atoms with Crippen LogP contribution in [0.5, 0.6) is 5.88 Å². The number of ether oxygens (including phenoxy) is 1. The Labute approximate surface area is 118 Å². The number of nitrogens with zero attached hydrogens (tertiary/aromatic N) is 1. The number of aryl methyl sites for hydroxylation is 1. The number of methoxy groups -OCH3 is 1. The van der Waals surface area contributed by atoms with Gasteiger partial charge in [-0.25, -0.2) is 4.98 Å². The Morgan fingerprint density at radius 3 is 2.68 bits per heavy atom. The van der Waals surface area contributed by atoms with Crippen LogP contribution in [0.1, 0.15) is 11.1 Å². The number of hydrogen-bond acceptors (Lipinski definition) is 3. The van der Waals surface area contributed by atoms with Crippen LogP contribution in [0, 0.1) is 0 Å². The lowest BCUT2D eigenvalue weighted by Gasteiger charge is -2.10. The molecule has 19 heavy (non-hydrogen) atoms. The fourth-order valence-electron chi connectivity index (χ4n) is 1.84. The third kappa shape index (κ3) is 3.86. The van der Waals surface area contributed by atoms with E-state index in [-0.39, 0.29) is 0 Å². The van der Waals surface area contributed by atoms with Gasteiger partial charge in [0.15, 0.2) is 0 Å². The van der Waals surface area contributed by atoms with Crippen molar-refractivity contribution in [3.05, 3.63) is 53.7 Å². The number of pyridine rings is 1. The van der Waals surface area contributed by atoms with Crippen molar-refractivity contribution in [1.82, 2.24) is 4.98 Å². The van der Waals surface area contributed by atoms with Crippen LogP contribution in [0.3, 0.4) is 0 Å². The lowest BCUT2D eigenvalue weighted by molar-refractivity contribution is 0.393. The zero-order valence-corrected chi connectivity index (χ0v) is 11.7. The molecule has 0 aliphatic heterocycles. The lowest BCUT2D eigenvalue weighted by Crippen LogP contribution is -2.02. The molecule has 2 rings (SSSR count). The molecule has 0 amide bonds. The van der Waals surface area contributed by atoms with Crippen LogP contribution in [-0.4, -0.2) is 18.0 Å². The molecular formula is C15H17ClN2O. The van der Waals surface area contributed by atoms with E-state index >= 15 is 0 Å². The second-order valence-electron chi connectivity index (χ2n) is 4.16. The lowest BCUT2D eigenvalue weighted by atomic mass is 10.1. The molecule has 100 valence electrons. The van der Waals surface area contributed by atoms with Gasteiger partial charge in [0.05, 0.1) is 7.11 Å². The second-order valence-corrected chi connectivity index (χ2v) is 4.54. The average molecular weight is 277 g/mol. The predicted octanol–water partition coefficient (Wildman–Crippen LogP) is 3.48. The molecule has 3 nitrogen and oxygen atoms in total. The SMILES string of the molecule is COc1ncccc1CNc1ccc(CCCl)cc1. The first-order valence-corrected chi connectivity index (χ1v) is 6.73. The van der Waals surface area contributed by atoms with E-state index in [1.807, 2.05) is 12.1 Å². The molecule has 0 saturated carbocycles. The molecule has 1 aromatic carbocycles. The summed E-state index contributed by atoms with van der Waals surface area (Å²) < 4.78 is 5.22. The van der Waals surface area contributed by atoms with Crippen LogP contribution in [0.25, 0.3) is 0 Å². The number of benzene rings is 1. The van der Waals surface area contributed by atoms with Crippen LogP contribution < -0.4 is 10.1 Å². The Bertz CT molecular complexity index is 514. The van der Waals surface area contributed by atoms with Crippen molar-refractivity contribution in [2.75, 3.05) is 18.3 Å². The zero-order valence-electron chi connectivity index (χ0n) is 10.9. The number of rotatable bonds is 6. The Kier molecular flexibility index (Phi) is 5.04. The van der Waals surface area contributed by atoms with Crippen molar-refractivity contribution in [3.8, 4) is 5.88 Å². The molecule has 0 saturated heterocycles. The van der Waals surface area contributed by atoms with Gasteiger partial charge in [0.2, 0.25) is 5.88 Å². The highest BCUT2D eigenvalue weighted by atomic mass is 35.5. The zero-order chi connectivity index (χ0) is 13.5. The highest BCUT2D eigenvalue weighted by molar-refractivity contribution is 6.17. The summed E-state index contributed by atoms with van der Waals surface area (Å²) >= 11 is 5.71. The Morgan fingerprint density at radius 1 is 1.21 bits per heavy atom. The van der Waals surface area contributed by atoms with Crippen LogP contribution in [-0.2, 0) is 13.0 Å². The maximum Gasteiger partial charge on any atom is 0.218 e. The van der Waals surface area contributed by atoms with Crippen LogP contribution in [0.15, 0.2) is 42.6 Å². The van der Waals surface area contributed by atoms with Crippen molar-refractivity contribution in [2.24, 2.45) is 0 Å². The number of anilines is 1. The molecule has 0 spiro atoms. The minimum absolute atomic E-state index is 0.652. The fraction of sp³-hybridized carbons (Fsp3) is 0.267. The fourth-order valence-corrected chi connectivity index (χ4v) is 2.06. The van der Waals surface area contributed by atoms with E-state index in [1.54, 1.807) is 13.3 Å². The van der Waals surface area contributed by atoms with Crippen LogP contribution in [0.4, 0.5) is 5.69 Å². The average Bonchev–Trinajstić information content (AvgIpc) is 2.47. The largest absolute Gasteiger partial charge is 0.481 e. The minimum Gasteiger partial charge on any atom is -0.481 e. The van der Waals surface area contributed by atoms with Gasteiger partial charge in [-0.2, -0.15) is 0 Å². The number of hydrogen-bond donors (Lipinski definition) is 1. The maximum absolute atomic E-state index is 5.71. The standard InChI is InChI=1S/C15H17ClN2O/c1-19-15-13(3-2-10-17-15)11-18-14-6-4-12(5-7-14)8-9-16/h2-7,10,18H,8-9,11H2,1H3. The predicted molar refractivity (Wildman–Crippen MR) is 79.0 cm³/mol. The number of aromatic nitrogens is 1. The van der Waals surface area contributed by atoms with Crippen LogP contribution in [0.2, 0.25) is 0 Å². The molecule has 0 unspecified atom stereocenters. The molecule has 2 aromatic rings. The molecule has 0 bridgehead atoms. The Balaban J connectivity index is 1.98. The summed E-state index contributed by atoms with van der Waals surface area (Å²) in [7, 11) is 1.63. The molecule has 1 N–H and O–H groups in total. The van der Waals surface area contributed by atoms with E-state index in [0.717, 1.165) is 17.7 Å². The van der Waals surface area contributed by atoms with Gasteiger partial charge in [0.1, 0.15) is 0 Å². The minimum atomic E-state index is 0.652. The highest BCUT2D eigenvalue weighted by Crippen LogP contribution is 2.16. The Morgan fingerprint density at radius 2 is 2.00 bits per heavy atom. The van der Waals surface area contributed by atoms with Crippen molar-refractivity contribution in [3.63, 3.8) is 0 Å². The van der Waals surface area contributed by atoms with Crippen molar-refractivity contribution in [1.29, 1.82) is 0 Å². The van der Waals surface area contributed by atoms with Gasteiger partial charge < -0.3 is 10.1 Å². The molecule has 0 atom stereocenters. The summed E-state index contributed by atoms with van der Waals surface area (Å²) in [5.74, 6) is 1.31. The molecular weight excluding hydrogens is 260 g/mol. The van der Waals surface area contributed by atoms with Gasteiger partial charge >= 0.3 is 0 Å². The van der Waals surface area contributed by atoms with Gasteiger partial charge in [0.25, 0.3) is 0 Å². The highest BCUT2D eigenvalue weighted by Gasteiger charge is 2.02. The first-order chi connectivity index (χ1) is 9.33. The number of halogens is 1. The van der Waals surface area contributed by atoms with Crippen molar-refractivity contribution >= 4 is 17.3 Å². The number of alkyl halides is 1. The summed E-state index contributed by atoms with van der Waals surface area (Å²) in [6.45, 7) is 0.686. The third-order valence-electron chi connectivity index (χ3n) is 2.86. The van der Waals surface area contributed by atoms with E-state index in [0.29, 0.717) is 18.3 Å². The van der Waals surface area contributed by atoms with Gasteiger partial charge in [-0.3, -0.25) is 0 Å². The van der Waals surface area contributed by atoms with E-state index in [2.05, 4.69) is 34.6 Å². The number of nitrogens with one attached hydrogen (secondary N) is 1. The van der Waals surface area contributed by atoms with Crippen molar-refractivity contribution in [2.45, 2.75) is 13.0 Å². The molecule has 0 radical (unpaired) electrons. The van der Waals surface area contributed by atoms with Gasteiger partial charge in [-0.05, 0) is 30.2 Å². The molecule has 4 heteroatoms. The first kappa shape index (κ1) is 13.7. The van der Waals surface area contributed by atoms with Gasteiger partial charge in [-0.1, -0.05) is 18.2 Å². The van der Waals surface area contributed by atoms with Gasteiger partial charge in [-0.15, -0.1) is 11.6 Å². The summed E-state index contributed by atoms with van der Waals surface area (Å²) in [5.41, 5.74) is 3.36. The van der Waals surface area contributed by atoms with E-state index in [9.17, 15) is 0 Å². The summed E-state index contributed by atoms with van der Waals surface area (Å²) in [6, 6.07) is 12.2. The quantitative estimate of drug-likeness (QED) is 0.820. The monoisotopic (exact) mass is 276 g/mol. The summed E-state index contributed by atoms with van der Waals surface area (Å²) in [4.78, 5) is 4.17. The molecule has 1 aromatic heterocycles. The summed E-state index contributed by atoms with van der Waals surface area (Å²) in [5, 5.41) is 3.35. The Hall–Kier alpha value is -1.74. The maximum atomic E-state index is 5.71. The van der Waals surface area contributed by atoms with E-state index in [4.69, 9.17) is 16.3 Å². The molecule has 0 aliphatic rings. The normalized spacial score (nSPS) is 10.2. The van der Waals surface area contributed by atoms with E-state index < -0.39 is 0 Å². The van der Waals surface area contributed by atoms with E-state index in [1.165, 1.54) is 5.56 Å². The summed E-state index contributed by atoms with van der Waals surface area (Å²) in [6.07, 6.45) is 2.63. The second kappa shape index (κ2) is 7.00.